The van der Waals surface area contributed by atoms with Crippen molar-refractivity contribution in [1.82, 2.24) is 9.97 Å². The maximum absolute atomic E-state index is 5.17. The number of hydrogen-bond acceptors (Lipinski definition) is 3. The van der Waals surface area contributed by atoms with Gasteiger partial charge < -0.3 is 0 Å². The van der Waals surface area contributed by atoms with Crippen molar-refractivity contribution >= 4 is 43.9 Å². The van der Waals surface area contributed by atoms with Crippen LogP contribution < -0.4 is 0 Å². The van der Waals surface area contributed by atoms with Gasteiger partial charge in [0, 0.05) is 37.9 Å². The van der Waals surface area contributed by atoms with Gasteiger partial charge in [0.25, 0.3) is 0 Å². The van der Waals surface area contributed by atoms with Crippen LogP contribution in [0.25, 0.3) is 75.8 Å². The standard InChI is InChI=1S/C38H24N2S/c1-3-10-25(11-4-1)35-24-33(38(41-35)28-12-5-2-6-13-28)31-20-21-32(30-16-8-7-15-29(30)31)34-22-19-27-18-17-26-14-9-23-39-36(26)37(27)40-34/h1-24H. The van der Waals surface area contributed by atoms with Crippen molar-refractivity contribution in [2.24, 2.45) is 0 Å². The summed E-state index contributed by atoms with van der Waals surface area (Å²) in [6, 6.07) is 49.6. The van der Waals surface area contributed by atoms with Crippen molar-refractivity contribution < 1.29 is 0 Å². The second-order valence-electron chi connectivity index (χ2n) is 10.2. The van der Waals surface area contributed by atoms with Crippen molar-refractivity contribution in [3.8, 4) is 43.3 Å². The van der Waals surface area contributed by atoms with Crippen molar-refractivity contribution in [2.75, 3.05) is 0 Å². The zero-order valence-electron chi connectivity index (χ0n) is 22.2. The molecule has 0 atom stereocenters. The zero-order valence-corrected chi connectivity index (χ0v) is 23.0. The summed E-state index contributed by atoms with van der Waals surface area (Å²) in [6.45, 7) is 0. The van der Waals surface area contributed by atoms with Crippen LogP contribution in [0.5, 0.6) is 0 Å². The van der Waals surface area contributed by atoms with Gasteiger partial charge in [-0.2, -0.15) is 0 Å². The molecule has 192 valence electrons. The van der Waals surface area contributed by atoms with Gasteiger partial charge in [0.15, 0.2) is 0 Å². The highest BCUT2D eigenvalue weighted by molar-refractivity contribution is 7.19. The normalized spacial score (nSPS) is 11.4. The summed E-state index contributed by atoms with van der Waals surface area (Å²) in [6.07, 6.45) is 1.84. The molecule has 0 aliphatic heterocycles. The van der Waals surface area contributed by atoms with E-state index in [1.54, 1.807) is 0 Å². The van der Waals surface area contributed by atoms with Gasteiger partial charge in [-0.05, 0) is 45.7 Å². The first-order chi connectivity index (χ1) is 20.3. The maximum Gasteiger partial charge on any atom is 0.0972 e. The Bertz CT molecular complexity index is 2200. The molecule has 0 N–H and O–H groups in total. The highest BCUT2D eigenvalue weighted by atomic mass is 32.1. The number of nitrogens with zero attached hydrogens (tertiary/aromatic N) is 2. The summed E-state index contributed by atoms with van der Waals surface area (Å²) in [4.78, 5) is 12.4. The Morgan fingerprint density at radius 2 is 1.10 bits per heavy atom. The van der Waals surface area contributed by atoms with Crippen LogP contribution in [0.2, 0.25) is 0 Å². The van der Waals surface area contributed by atoms with E-state index in [1.165, 1.54) is 42.8 Å². The van der Waals surface area contributed by atoms with E-state index in [0.717, 1.165) is 33.1 Å². The Morgan fingerprint density at radius 3 is 1.88 bits per heavy atom. The highest BCUT2D eigenvalue weighted by Gasteiger charge is 2.18. The molecule has 5 aromatic carbocycles. The first-order valence-electron chi connectivity index (χ1n) is 13.8. The van der Waals surface area contributed by atoms with Crippen LogP contribution in [-0.2, 0) is 0 Å². The lowest BCUT2D eigenvalue weighted by Gasteiger charge is -2.13. The molecule has 41 heavy (non-hydrogen) atoms. The molecule has 0 radical (unpaired) electrons. The molecule has 0 spiro atoms. The molecule has 3 aromatic heterocycles. The SMILES string of the molecule is c1ccc(-c2cc(-c3ccc(-c4ccc5ccc6cccnc6c5n4)c4ccccc34)c(-c3ccccc3)s2)cc1. The smallest absolute Gasteiger partial charge is 0.0972 e. The topological polar surface area (TPSA) is 25.8 Å². The fourth-order valence-electron chi connectivity index (χ4n) is 5.77. The molecular formula is C38H24N2S. The predicted octanol–water partition coefficient (Wildman–Crippen LogP) is 10.7. The Hall–Kier alpha value is -5.12. The molecule has 8 aromatic rings. The third kappa shape index (κ3) is 4.10. The van der Waals surface area contributed by atoms with Crippen molar-refractivity contribution in [1.29, 1.82) is 0 Å². The molecule has 0 amide bonds. The molecule has 3 heteroatoms. The quantitative estimate of drug-likeness (QED) is 0.208. The van der Waals surface area contributed by atoms with Crippen molar-refractivity contribution in [3.05, 3.63) is 146 Å². The number of hydrogen-bond donors (Lipinski definition) is 0. The monoisotopic (exact) mass is 540 g/mol. The lowest BCUT2D eigenvalue weighted by atomic mass is 9.92. The molecule has 0 unspecified atom stereocenters. The number of rotatable bonds is 4. The summed E-state index contributed by atoms with van der Waals surface area (Å²) < 4.78 is 0. The maximum atomic E-state index is 5.17. The molecule has 3 heterocycles. The van der Waals surface area contributed by atoms with E-state index < -0.39 is 0 Å². The first kappa shape index (κ1) is 23.7. The van der Waals surface area contributed by atoms with Crippen LogP contribution in [0, 0.1) is 0 Å². The number of aromatic nitrogens is 2. The molecule has 0 fully saturated rings. The predicted molar refractivity (Wildman–Crippen MR) is 174 cm³/mol. The van der Waals surface area contributed by atoms with E-state index >= 15 is 0 Å². The Morgan fingerprint density at radius 1 is 0.463 bits per heavy atom. The van der Waals surface area contributed by atoms with E-state index in [9.17, 15) is 0 Å². The van der Waals surface area contributed by atoms with E-state index in [-0.39, 0.29) is 0 Å². The van der Waals surface area contributed by atoms with Crippen molar-refractivity contribution in [2.45, 2.75) is 0 Å². The average molecular weight is 541 g/mol. The van der Waals surface area contributed by atoms with Gasteiger partial charge in [0.05, 0.1) is 16.7 Å². The Labute approximate surface area is 242 Å². The van der Waals surface area contributed by atoms with E-state index in [4.69, 9.17) is 4.98 Å². The second-order valence-corrected chi connectivity index (χ2v) is 11.3. The van der Waals surface area contributed by atoms with Gasteiger partial charge in [0.2, 0.25) is 0 Å². The number of fused-ring (bicyclic) bond motifs is 4. The van der Waals surface area contributed by atoms with Crippen LogP contribution in [0.4, 0.5) is 0 Å². The van der Waals surface area contributed by atoms with Crippen molar-refractivity contribution in [3.63, 3.8) is 0 Å². The van der Waals surface area contributed by atoms with E-state index in [2.05, 4.69) is 138 Å². The van der Waals surface area contributed by atoms with Crippen LogP contribution in [0.15, 0.2) is 146 Å². The summed E-state index contributed by atoms with van der Waals surface area (Å²) in [5.74, 6) is 0. The number of thiophene rings is 1. The number of benzene rings is 5. The molecule has 8 rings (SSSR count). The van der Waals surface area contributed by atoms with Gasteiger partial charge in [-0.25, -0.2) is 4.98 Å². The van der Waals surface area contributed by atoms with E-state index in [1.807, 2.05) is 23.6 Å². The van der Waals surface area contributed by atoms with Gasteiger partial charge in [-0.1, -0.05) is 121 Å². The molecule has 0 saturated carbocycles. The second kappa shape index (κ2) is 9.81. The third-order valence-electron chi connectivity index (χ3n) is 7.75. The largest absolute Gasteiger partial charge is 0.254 e. The zero-order chi connectivity index (χ0) is 27.2. The highest BCUT2D eigenvalue weighted by Crippen LogP contribution is 2.46. The minimum Gasteiger partial charge on any atom is -0.254 e. The van der Waals surface area contributed by atoms with Crippen LogP contribution in [0.3, 0.4) is 0 Å². The molecule has 0 aliphatic carbocycles. The summed E-state index contributed by atoms with van der Waals surface area (Å²) in [7, 11) is 0. The first-order valence-corrected chi connectivity index (χ1v) is 14.6. The molecule has 0 aliphatic rings. The van der Waals surface area contributed by atoms with Gasteiger partial charge in [-0.15, -0.1) is 11.3 Å². The summed E-state index contributed by atoms with van der Waals surface area (Å²) >= 11 is 1.85. The fraction of sp³-hybridized carbons (Fsp3) is 0. The molecule has 2 nitrogen and oxygen atoms in total. The average Bonchev–Trinajstić information content (AvgIpc) is 3.50. The molecule has 0 bridgehead atoms. The fourth-order valence-corrected chi connectivity index (χ4v) is 6.95. The lowest BCUT2D eigenvalue weighted by Crippen LogP contribution is -1.91. The summed E-state index contributed by atoms with van der Waals surface area (Å²) in [5.41, 5.74) is 8.91. The third-order valence-corrected chi connectivity index (χ3v) is 8.98. The van der Waals surface area contributed by atoms with Crippen LogP contribution in [-0.4, -0.2) is 9.97 Å². The van der Waals surface area contributed by atoms with Gasteiger partial charge in [-0.3, -0.25) is 4.98 Å². The number of pyridine rings is 2. The Kier molecular flexibility index (Phi) is 5.68. The minimum absolute atomic E-state index is 0.936. The molecule has 0 saturated heterocycles. The molecular weight excluding hydrogens is 516 g/mol. The van der Waals surface area contributed by atoms with Crippen LogP contribution >= 0.6 is 11.3 Å². The summed E-state index contributed by atoms with van der Waals surface area (Å²) in [5, 5.41) is 4.61. The Balaban J connectivity index is 1.35. The van der Waals surface area contributed by atoms with Gasteiger partial charge in [0.1, 0.15) is 0 Å². The van der Waals surface area contributed by atoms with E-state index in [0.29, 0.717) is 0 Å². The lowest BCUT2D eigenvalue weighted by molar-refractivity contribution is 1.37. The van der Waals surface area contributed by atoms with Gasteiger partial charge >= 0.3 is 0 Å². The minimum atomic E-state index is 0.936. The van der Waals surface area contributed by atoms with Crippen LogP contribution in [0.1, 0.15) is 0 Å².